The molecule has 4 atom stereocenters. The van der Waals surface area contributed by atoms with E-state index in [9.17, 15) is 5.11 Å². The summed E-state index contributed by atoms with van der Waals surface area (Å²) in [6.45, 7) is 3.62. The maximum atomic E-state index is 9.71. The van der Waals surface area contributed by atoms with E-state index in [0.717, 1.165) is 0 Å². The Morgan fingerprint density at radius 1 is 1.38 bits per heavy atom. The molecule has 0 radical (unpaired) electrons. The quantitative estimate of drug-likeness (QED) is 0.629. The van der Waals surface area contributed by atoms with Gasteiger partial charge in [-0.15, -0.1) is 11.8 Å². The lowest BCUT2D eigenvalue weighted by Gasteiger charge is -2.21. The van der Waals surface area contributed by atoms with Crippen LogP contribution in [-0.2, 0) is 9.47 Å². The van der Waals surface area contributed by atoms with E-state index in [1.165, 1.54) is 11.8 Å². The molecule has 4 nitrogen and oxygen atoms in total. The van der Waals surface area contributed by atoms with Gasteiger partial charge in [-0.2, -0.15) is 0 Å². The zero-order valence-corrected chi connectivity index (χ0v) is 8.45. The van der Waals surface area contributed by atoms with E-state index in [2.05, 4.69) is 0 Å². The Bertz CT molecular complexity index is 208. The fraction of sp³-hybridized carbons (Fsp3) is 1.00. The number of aliphatic hydroxyl groups is 2. The highest BCUT2D eigenvalue weighted by Crippen LogP contribution is 2.45. The molecule has 2 rings (SSSR count). The molecule has 0 aromatic carbocycles. The molecule has 2 saturated heterocycles. The molecule has 0 saturated carbocycles. The van der Waals surface area contributed by atoms with Gasteiger partial charge in [0, 0.05) is 0 Å². The lowest BCUT2D eigenvalue weighted by molar-refractivity contribution is -0.154. The predicted molar refractivity (Wildman–Crippen MR) is 48.3 cm³/mol. The van der Waals surface area contributed by atoms with Crippen LogP contribution >= 0.6 is 11.8 Å². The number of thioether (sulfide) groups is 1. The second-order valence-corrected chi connectivity index (χ2v) is 5.16. The fourth-order valence-corrected chi connectivity index (χ4v) is 3.11. The Hall–Kier alpha value is 0.190. The Morgan fingerprint density at radius 3 is 2.62 bits per heavy atom. The minimum absolute atomic E-state index is 0.0357. The average molecular weight is 206 g/mol. The summed E-state index contributed by atoms with van der Waals surface area (Å²) in [5.41, 5.74) is -0.137. The maximum Gasteiger partial charge on any atom is 0.165 e. The SMILES string of the molecule is CC1(C)OC2SC(CO)C(O)C2O1. The lowest BCUT2D eigenvalue weighted by atomic mass is 10.1. The van der Waals surface area contributed by atoms with Gasteiger partial charge < -0.3 is 19.7 Å². The Labute approximate surface area is 81.2 Å². The number of hydrogen-bond acceptors (Lipinski definition) is 5. The molecule has 13 heavy (non-hydrogen) atoms. The van der Waals surface area contributed by atoms with Crippen molar-refractivity contribution < 1.29 is 19.7 Å². The summed E-state index contributed by atoms with van der Waals surface area (Å²) in [4.78, 5) is 0. The molecule has 0 bridgehead atoms. The molecule has 5 heteroatoms. The molecule has 0 aromatic rings. The molecule has 0 aliphatic carbocycles. The Morgan fingerprint density at radius 2 is 2.08 bits per heavy atom. The van der Waals surface area contributed by atoms with Crippen molar-refractivity contribution in [2.24, 2.45) is 0 Å². The minimum Gasteiger partial charge on any atom is -0.395 e. The first kappa shape index (κ1) is 9.73. The summed E-state index contributed by atoms with van der Waals surface area (Å²) < 4.78 is 11.1. The van der Waals surface area contributed by atoms with Crippen molar-refractivity contribution in [2.45, 2.75) is 42.5 Å². The molecule has 4 unspecified atom stereocenters. The van der Waals surface area contributed by atoms with Crippen LogP contribution in [-0.4, -0.2) is 45.5 Å². The van der Waals surface area contributed by atoms with Gasteiger partial charge in [0.2, 0.25) is 0 Å². The van der Waals surface area contributed by atoms with Gasteiger partial charge in [-0.25, -0.2) is 0 Å². The van der Waals surface area contributed by atoms with Crippen LogP contribution in [0.25, 0.3) is 0 Å². The molecule has 2 N–H and O–H groups in total. The van der Waals surface area contributed by atoms with Gasteiger partial charge in [-0.3, -0.25) is 0 Å². The van der Waals surface area contributed by atoms with E-state index < -0.39 is 11.9 Å². The highest BCUT2D eigenvalue weighted by Gasteiger charge is 2.53. The van der Waals surface area contributed by atoms with E-state index in [1.54, 1.807) is 0 Å². The number of aliphatic hydroxyl groups excluding tert-OH is 2. The van der Waals surface area contributed by atoms with E-state index >= 15 is 0 Å². The maximum absolute atomic E-state index is 9.71. The van der Waals surface area contributed by atoms with Gasteiger partial charge in [0.1, 0.15) is 11.5 Å². The third-order valence-electron chi connectivity index (χ3n) is 2.29. The van der Waals surface area contributed by atoms with E-state index in [4.69, 9.17) is 14.6 Å². The van der Waals surface area contributed by atoms with Gasteiger partial charge >= 0.3 is 0 Å². The summed E-state index contributed by atoms with van der Waals surface area (Å²) in [5.74, 6) is -0.607. The molecule has 76 valence electrons. The number of ether oxygens (including phenoxy) is 2. The van der Waals surface area contributed by atoms with Crippen LogP contribution in [0.3, 0.4) is 0 Å². The second-order valence-electron chi connectivity index (χ2n) is 3.82. The smallest absolute Gasteiger partial charge is 0.165 e. The van der Waals surface area contributed by atoms with Crippen molar-refractivity contribution >= 4 is 11.8 Å². The monoisotopic (exact) mass is 206 g/mol. The van der Waals surface area contributed by atoms with E-state index in [0.29, 0.717) is 0 Å². The van der Waals surface area contributed by atoms with Crippen molar-refractivity contribution in [3.8, 4) is 0 Å². The normalized spacial score (nSPS) is 48.0. The van der Waals surface area contributed by atoms with E-state index in [-0.39, 0.29) is 23.4 Å². The summed E-state index contributed by atoms with van der Waals surface area (Å²) in [7, 11) is 0. The largest absolute Gasteiger partial charge is 0.395 e. The summed E-state index contributed by atoms with van der Waals surface area (Å²) in [6.07, 6.45) is -0.918. The van der Waals surface area contributed by atoms with Crippen LogP contribution < -0.4 is 0 Å². The van der Waals surface area contributed by atoms with Crippen LogP contribution in [0.2, 0.25) is 0 Å². The zero-order valence-electron chi connectivity index (χ0n) is 7.64. The fourth-order valence-electron chi connectivity index (χ4n) is 1.71. The van der Waals surface area contributed by atoms with Gasteiger partial charge in [0.25, 0.3) is 0 Å². The molecule has 0 spiro atoms. The summed E-state index contributed by atoms with van der Waals surface area (Å²) >= 11 is 1.44. The molecule has 2 aliphatic rings. The van der Waals surface area contributed by atoms with Crippen LogP contribution in [0.5, 0.6) is 0 Å². The minimum atomic E-state index is -0.623. The Balaban J connectivity index is 2.07. The standard InChI is InChI=1S/C8H14O4S/c1-8(2)11-6-5(10)4(3-9)13-7(6)12-8/h4-7,9-10H,3H2,1-2H3. The lowest BCUT2D eigenvalue weighted by Crippen LogP contribution is -2.35. The Kier molecular flexibility index (Phi) is 2.32. The van der Waals surface area contributed by atoms with Crippen molar-refractivity contribution in [1.82, 2.24) is 0 Å². The first-order valence-electron chi connectivity index (χ1n) is 4.33. The summed E-state index contributed by atoms with van der Waals surface area (Å²) in [5, 5.41) is 18.5. The second kappa shape index (κ2) is 3.10. The van der Waals surface area contributed by atoms with Crippen molar-refractivity contribution in [1.29, 1.82) is 0 Å². The highest BCUT2D eigenvalue weighted by molar-refractivity contribution is 8.00. The summed E-state index contributed by atoms with van der Waals surface area (Å²) in [6, 6.07) is 0. The first-order chi connectivity index (χ1) is 6.03. The molecular formula is C8H14O4S. The van der Waals surface area contributed by atoms with Crippen LogP contribution in [0.4, 0.5) is 0 Å². The zero-order chi connectivity index (χ0) is 9.64. The average Bonchev–Trinajstić information content (AvgIpc) is 2.47. The number of fused-ring (bicyclic) bond motifs is 1. The molecule has 2 aliphatic heterocycles. The van der Waals surface area contributed by atoms with Crippen molar-refractivity contribution in [3.63, 3.8) is 0 Å². The highest BCUT2D eigenvalue weighted by atomic mass is 32.2. The predicted octanol–water partition coefficient (Wildman–Crippen LogP) is -0.0674. The molecule has 0 aromatic heterocycles. The third-order valence-corrected chi connectivity index (χ3v) is 3.70. The van der Waals surface area contributed by atoms with Crippen molar-refractivity contribution in [3.05, 3.63) is 0 Å². The molecule has 2 heterocycles. The first-order valence-corrected chi connectivity index (χ1v) is 5.28. The molecule has 0 amide bonds. The third kappa shape index (κ3) is 1.59. The van der Waals surface area contributed by atoms with Crippen LogP contribution in [0.15, 0.2) is 0 Å². The molecule has 2 fully saturated rings. The van der Waals surface area contributed by atoms with Gasteiger partial charge in [-0.05, 0) is 13.8 Å². The van der Waals surface area contributed by atoms with E-state index in [1.807, 2.05) is 13.8 Å². The number of rotatable bonds is 1. The van der Waals surface area contributed by atoms with Gasteiger partial charge in [-0.1, -0.05) is 0 Å². The van der Waals surface area contributed by atoms with Gasteiger partial charge in [0.15, 0.2) is 5.79 Å². The van der Waals surface area contributed by atoms with Crippen molar-refractivity contribution in [2.75, 3.05) is 6.61 Å². The van der Waals surface area contributed by atoms with Crippen LogP contribution in [0.1, 0.15) is 13.8 Å². The van der Waals surface area contributed by atoms with Gasteiger partial charge in [0.05, 0.1) is 18.0 Å². The molecular weight excluding hydrogens is 192 g/mol. The van der Waals surface area contributed by atoms with Crippen LogP contribution in [0, 0.1) is 0 Å². The number of hydrogen-bond donors (Lipinski definition) is 2. The topological polar surface area (TPSA) is 58.9 Å².